The van der Waals surface area contributed by atoms with E-state index >= 15 is 0 Å². The van der Waals surface area contributed by atoms with Gasteiger partial charge in [0, 0.05) is 16.1 Å². The molecule has 0 bridgehead atoms. The number of halogens is 2. The maximum absolute atomic E-state index is 12.3. The number of rotatable bonds is 7. The Morgan fingerprint density at radius 1 is 1.03 bits per heavy atom. The van der Waals surface area contributed by atoms with Crippen LogP contribution in [0.3, 0.4) is 0 Å². The zero-order valence-electron chi connectivity index (χ0n) is 18.0. The quantitative estimate of drug-likeness (QED) is 0.249. The molecule has 34 heavy (non-hydrogen) atoms. The number of ether oxygens (including phenoxy) is 1. The molecule has 0 saturated carbocycles. The number of hydrazone groups is 1. The van der Waals surface area contributed by atoms with Crippen molar-refractivity contribution in [3.05, 3.63) is 93.7 Å². The van der Waals surface area contributed by atoms with E-state index in [4.69, 9.17) is 32.4 Å². The lowest BCUT2D eigenvalue weighted by atomic mass is 10.2. The predicted octanol–water partition coefficient (Wildman–Crippen LogP) is 5.83. The highest BCUT2D eigenvalue weighted by Crippen LogP contribution is 2.25. The standard InChI is InChI=1S/C25H19Cl2N3O4/c1-15-2-6-19(7-3-15)29-24(31)14-33-22-8-4-16(10-20(22)27)13-28-30-25(32)23-12-17-11-18(26)5-9-21(17)34-23/h2-13H,14H2,1H3,(H,29,31)(H,30,32)/b28-13+. The van der Waals surface area contributed by atoms with Crippen LogP contribution in [0.5, 0.6) is 5.75 Å². The molecule has 2 amide bonds. The van der Waals surface area contributed by atoms with Crippen LogP contribution < -0.4 is 15.5 Å². The molecule has 9 heteroatoms. The Morgan fingerprint density at radius 2 is 1.82 bits per heavy atom. The summed E-state index contributed by atoms with van der Waals surface area (Å²) in [4.78, 5) is 24.4. The van der Waals surface area contributed by atoms with Crippen molar-refractivity contribution in [2.45, 2.75) is 6.92 Å². The summed E-state index contributed by atoms with van der Waals surface area (Å²) in [5.74, 6) is -0.349. The van der Waals surface area contributed by atoms with E-state index in [1.165, 1.54) is 6.21 Å². The first kappa shape index (κ1) is 23.4. The minimum absolute atomic E-state index is 0.111. The van der Waals surface area contributed by atoms with Gasteiger partial charge in [-0.15, -0.1) is 0 Å². The Labute approximate surface area is 205 Å². The Balaban J connectivity index is 1.30. The number of fused-ring (bicyclic) bond motifs is 1. The Hall–Kier alpha value is -3.81. The number of nitrogens with one attached hydrogen (secondary N) is 2. The van der Waals surface area contributed by atoms with Gasteiger partial charge in [-0.1, -0.05) is 40.9 Å². The van der Waals surface area contributed by atoms with Crippen LogP contribution in [0.15, 0.2) is 76.2 Å². The topological polar surface area (TPSA) is 92.9 Å². The molecule has 0 aliphatic carbocycles. The molecule has 0 aliphatic rings. The van der Waals surface area contributed by atoms with Gasteiger partial charge in [-0.2, -0.15) is 5.10 Å². The van der Waals surface area contributed by atoms with Crippen molar-refractivity contribution in [3.8, 4) is 5.75 Å². The second-order valence-corrected chi connectivity index (χ2v) is 8.23. The Bertz CT molecular complexity index is 1380. The van der Waals surface area contributed by atoms with Crippen molar-refractivity contribution in [3.63, 3.8) is 0 Å². The van der Waals surface area contributed by atoms with Crippen molar-refractivity contribution in [1.29, 1.82) is 0 Å². The highest BCUT2D eigenvalue weighted by Gasteiger charge is 2.12. The van der Waals surface area contributed by atoms with Crippen molar-refractivity contribution < 1.29 is 18.7 Å². The summed E-state index contributed by atoms with van der Waals surface area (Å²) in [6.45, 7) is 1.77. The first-order valence-electron chi connectivity index (χ1n) is 10.2. The SMILES string of the molecule is Cc1ccc(NC(=O)COc2ccc(/C=N/NC(=O)c3cc4cc(Cl)ccc4o3)cc2Cl)cc1. The van der Waals surface area contributed by atoms with Gasteiger partial charge < -0.3 is 14.5 Å². The number of aryl methyl sites for hydroxylation is 1. The van der Waals surface area contributed by atoms with E-state index in [2.05, 4.69) is 15.8 Å². The average molecular weight is 496 g/mol. The molecule has 0 radical (unpaired) electrons. The second-order valence-electron chi connectivity index (χ2n) is 7.38. The van der Waals surface area contributed by atoms with Crippen LogP contribution in [-0.4, -0.2) is 24.6 Å². The van der Waals surface area contributed by atoms with E-state index in [0.717, 1.165) is 10.9 Å². The third-order valence-electron chi connectivity index (χ3n) is 4.73. The van der Waals surface area contributed by atoms with E-state index in [1.54, 1.807) is 42.5 Å². The minimum atomic E-state index is -0.505. The van der Waals surface area contributed by atoms with Crippen LogP contribution in [0.4, 0.5) is 5.69 Å². The maximum Gasteiger partial charge on any atom is 0.307 e. The number of hydrogen-bond acceptors (Lipinski definition) is 5. The van der Waals surface area contributed by atoms with Gasteiger partial charge in [0.1, 0.15) is 11.3 Å². The molecule has 0 fully saturated rings. The molecular weight excluding hydrogens is 477 g/mol. The van der Waals surface area contributed by atoms with Gasteiger partial charge in [0.2, 0.25) is 0 Å². The van der Waals surface area contributed by atoms with Crippen LogP contribution in [0.25, 0.3) is 11.0 Å². The molecule has 1 heterocycles. The first-order chi connectivity index (χ1) is 16.4. The molecule has 0 saturated heterocycles. The molecular formula is C25H19Cl2N3O4. The molecule has 0 aliphatic heterocycles. The van der Waals surface area contributed by atoms with Gasteiger partial charge in [0.25, 0.3) is 5.91 Å². The highest BCUT2D eigenvalue weighted by atomic mass is 35.5. The van der Waals surface area contributed by atoms with Gasteiger partial charge in [-0.3, -0.25) is 9.59 Å². The van der Waals surface area contributed by atoms with Gasteiger partial charge in [0.05, 0.1) is 11.2 Å². The predicted molar refractivity (Wildman–Crippen MR) is 133 cm³/mol. The molecule has 0 unspecified atom stereocenters. The lowest BCUT2D eigenvalue weighted by Gasteiger charge is -2.09. The lowest BCUT2D eigenvalue weighted by Crippen LogP contribution is -2.20. The highest BCUT2D eigenvalue weighted by molar-refractivity contribution is 6.32. The zero-order valence-corrected chi connectivity index (χ0v) is 19.5. The number of carbonyl (C=O) groups is 2. The van der Waals surface area contributed by atoms with Crippen molar-refractivity contribution in [2.24, 2.45) is 5.10 Å². The molecule has 2 N–H and O–H groups in total. The van der Waals surface area contributed by atoms with Crippen molar-refractivity contribution in [2.75, 3.05) is 11.9 Å². The molecule has 172 valence electrons. The van der Waals surface area contributed by atoms with Gasteiger partial charge in [-0.25, -0.2) is 5.43 Å². The second kappa shape index (κ2) is 10.4. The fourth-order valence-corrected chi connectivity index (χ4v) is 3.46. The van der Waals surface area contributed by atoms with Crippen molar-refractivity contribution >= 4 is 57.9 Å². The third kappa shape index (κ3) is 5.95. The molecule has 0 atom stereocenters. The van der Waals surface area contributed by atoms with Crippen LogP contribution >= 0.6 is 23.2 Å². The normalized spacial score (nSPS) is 11.0. The van der Waals surface area contributed by atoms with Gasteiger partial charge >= 0.3 is 5.91 Å². The summed E-state index contributed by atoms with van der Waals surface area (Å²) in [6, 6.07) is 19.0. The number of benzene rings is 3. The van der Waals surface area contributed by atoms with Gasteiger partial charge in [-0.05, 0) is 67.1 Å². The monoisotopic (exact) mass is 495 g/mol. The number of amides is 2. The smallest absolute Gasteiger partial charge is 0.307 e. The van der Waals surface area contributed by atoms with E-state index in [0.29, 0.717) is 32.6 Å². The summed E-state index contributed by atoms with van der Waals surface area (Å²) >= 11 is 12.2. The molecule has 3 aromatic carbocycles. The van der Waals surface area contributed by atoms with Gasteiger partial charge in [0.15, 0.2) is 12.4 Å². The van der Waals surface area contributed by atoms with E-state index in [1.807, 2.05) is 31.2 Å². The molecule has 7 nitrogen and oxygen atoms in total. The summed E-state index contributed by atoms with van der Waals surface area (Å²) in [7, 11) is 0. The van der Waals surface area contributed by atoms with Crippen molar-refractivity contribution in [1.82, 2.24) is 5.43 Å². The van der Waals surface area contributed by atoms with Crippen LogP contribution in [-0.2, 0) is 4.79 Å². The fraction of sp³-hybridized carbons (Fsp3) is 0.0800. The third-order valence-corrected chi connectivity index (χ3v) is 5.26. The van der Waals surface area contributed by atoms with E-state index in [-0.39, 0.29) is 18.3 Å². The molecule has 0 spiro atoms. The average Bonchev–Trinajstić information content (AvgIpc) is 3.23. The molecule has 4 aromatic rings. The number of hydrogen-bond donors (Lipinski definition) is 2. The summed E-state index contributed by atoms with van der Waals surface area (Å²) in [6.07, 6.45) is 1.43. The number of carbonyl (C=O) groups excluding carboxylic acids is 2. The zero-order chi connectivity index (χ0) is 24.1. The van der Waals surface area contributed by atoms with Crippen LogP contribution in [0.2, 0.25) is 10.0 Å². The Kier molecular flexibility index (Phi) is 7.15. The number of nitrogens with zero attached hydrogens (tertiary/aromatic N) is 1. The molecule has 1 aromatic heterocycles. The first-order valence-corrected chi connectivity index (χ1v) is 10.9. The maximum atomic E-state index is 12.3. The van der Waals surface area contributed by atoms with E-state index in [9.17, 15) is 9.59 Å². The van der Waals surface area contributed by atoms with E-state index < -0.39 is 5.91 Å². The number of furan rings is 1. The fourth-order valence-electron chi connectivity index (χ4n) is 3.04. The Morgan fingerprint density at radius 3 is 2.59 bits per heavy atom. The largest absolute Gasteiger partial charge is 0.482 e. The minimum Gasteiger partial charge on any atom is -0.482 e. The van der Waals surface area contributed by atoms with Crippen LogP contribution in [0.1, 0.15) is 21.7 Å². The van der Waals surface area contributed by atoms with Crippen LogP contribution in [0, 0.1) is 6.92 Å². The summed E-state index contributed by atoms with van der Waals surface area (Å²) < 4.78 is 11.0. The number of anilines is 1. The molecule has 4 rings (SSSR count). The summed E-state index contributed by atoms with van der Waals surface area (Å²) in [5, 5.41) is 8.25. The lowest BCUT2D eigenvalue weighted by molar-refractivity contribution is -0.118. The summed E-state index contributed by atoms with van der Waals surface area (Å²) in [5.41, 5.74) is 5.36.